The number of sulfonamides is 1. The molecule has 0 radical (unpaired) electrons. The van der Waals surface area contributed by atoms with Gasteiger partial charge in [-0.3, -0.25) is 5.32 Å². The van der Waals surface area contributed by atoms with Crippen molar-refractivity contribution in [2.75, 3.05) is 12.4 Å². The maximum Gasteiger partial charge on any atom is 0.339 e. The molecule has 2 N–H and O–H groups in total. The number of benzene rings is 1. The predicted molar refractivity (Wildman–Crippen MR) is 93.3 cm³/mol. The molecule has 138 valence electrons. The smallest absolute Gasteiger partial charge is 0.339 e. The number of amides is 2. The number of hydrogen-bond donors (Lipinski definition) is 2. The minimum atomic E-state index is -4.31. The minimum Gasteiger partial charge on any atom is -0.465 e. The zero-order chi connectivity index (χ0) is 19.3. The number of hydrogen-bond acceptors (Lipinski definition) is 7. The topological polar surface area (TPSA) is 127 Å². The van der Waals surface area contributed by atoms with Crippen LogP contribution in [-0.2, 0) is 21.2 Å². The Morgan fingerprint density at radius 2 is 1.92 bits per heavy atom. The molecule has 0 spiro atoms. The number of methoxy groups -OCH3 is 1. The Hall–Kier alpha value is -3.01. The van der Waals surface area contributed by atoms with Crippen molar-refractivity contribution in [3.63, 3.8) is 0 Å². The molecule has 0 saturated heterocycles. The molecule has 26 heavy (non-hydrogen) atoms. The number of nitrogens with one attached hydrogen (secondary N) is 2. The molecular weight excluding hydrogens is 360 g/mol. The van der Waals surface area contributed by atoms with Crippen LogP contribution in [0.4, 0.5) is 10.7 Å². The van der Waals surface area contributed by atoms with Crippen molar-refractivity contribution in [2.45, 2.75) is 25.2 Å². The summed E-state index contributed by atoms with van der Waals surface area (Å²) < 4.78 is 31.2. The van der Waals surface area contributed by atoms with E-state index in [1.165, 1.54) is 24.3 Å². The highest BCUT2D eigenvalue weighted by atomic mass is 32.2. The van der Waals surface area contributed by atoms with Gasteiger partial charge in [0, 0.05) is 11.9 Å². The van der Waals surface area contributed by atoms with Crippen LogP contribution >= 0.6 is 0 Å². The van der Waals surface area contributed by atoms with Crippen LogP contribution < -0.4 is 10.0 Å². The average molecular weight is 378 g/mol. The van der Waals surface area contributed by atoms with Gasteiger partial charge in [0.25, 0.3) is 10.0 Å². The number of anilines is 1. The van der Waals surface area contributed by atoms with Crippen LogP contribution in [-0.4, -0.2) is 37.5 Å². The molecule has 10 heteroatoms. The van der Waals surface area contributed by atoms with E-state index in [1.54, 1.807) is 13.1 Å². The SMILES string of the molecule is CCc1cnc(NC(=O)NS(=O)(=O)c2ccccc2C(=O)OC)nc1C. The third kappa shape index (κ3) is 4.33. The molecule has 0 fully saturated rings. The minimum absolute atomic E-state index is 0.0337. The number of carbonyl (C=O) groups is 2. The molecule has 0 aliphatic carbocycles. The van der Waals surface area contributed by atoms with E-state index in [0.29, 0.717) is 5.69 Å². The number of ether oxygens (including phenoxy) is 1. The fourth-order valence-corrected chi connectivity index (χ4v) is 3.29. The Kier molecular flexibility index (Phi) is 5.88. The van der Waals surface area contributed by atoms with Crippen molar-refractivity contribution < 1.29 is 22.7 Å². The first-order valence-corrected chi connectivity index (χ1v) is 9.10. The molecule has 0 atom stereocenters. The van der Waals surface area contributed by atoms with Gasteiger partial charge in [0.15, 0.2) is 0 Å². The Balaban J connectivity index is 2.21. The standard InChI is InChI=1S/C16H18N4O5S/c1-4-11-9-17-15(18-10(11)2)19-16(22)20-26(23,24)13-8-6-5-7-12(13)14(21)25-3/h5-9H,4H2,1-3H3,(H2,17,18,19,20,22). The van der Waals surface area contributed by atoms with E-state index in [0.717, 1.165) is 19.1 Å². The van der Waals surface area contributed by atoms with Crippen molar-refractivity contribution in [1.29, 1.82) is 0 Å². The van der Waals surface area contributed by atoms with Gasteiger partial charge >= 0.3 is 12.0 Å². The first-order valence-electron chi connectivity index (χ1n) is 7.62. The van der Waals surface area contributed by atoms with E-state index in [-0.39, 0.29) is 16.4 Å². The van der Waals surface area contributed by atoms with Crippen molar-refractivity contribution in [3.05, 3.63) is 47.3 Å². The van der Waals surface area contributed by atoms with Crippen molar-refractivity contribution in [2.24, 2.45) is 0 Å². The van der Waals surface area contributed by atoms with Crippen LogP contribution in [0.5, 0.6) is 0 Å². The van der Waals surface area contributed by atoms with E-state index < -0.39 is 22.0 Å². The van der Waals surface area contributed by atoms with Crippen molar-refractivity contribution in [1.82, 2.24) is 14.7 Å². The number of carbonyl (C=O) groups excluding carboxylic acids is 2. The molecule has 0 aliphatic rings. The monoisotopic (exact) mass is 378 g/mol. The number of urea groups is 1. The fourth-order valence-electron chi connectivity index (χ4n) is 2.18. The maximum atomic E-state index is 12.4. The Morgan fingerprint density at radius 1 is 1.23 bits per heavy atom. The van der Waals surface area contributed by atoms with Crippen LogP contribution in [0.25, 0.3) is 0 Å². The van der Waals surface area contributed by atoms with E-state index in [9.17, 15) is 18.0 Å². The summed E-state index contributed by atoms with van der Waals surface area (Å²) in [7, 11) is -3.18. The number of nitrogens with zero attached hydrogens (tertiary/aromatic N) is 2. The normalized spacial score (nSPS) is 10.9. The van der Waals surface area contributed by atoms with Crippen LogP contribution in [0.15, 0.2) is 35.4 Å². The second-order valence-corrected chi connectivity index (χ2v) is 6.86. The lowest BCUT2D eigenvalue weighted by molar-refractivity contribution is 0.0596. The highest BCUT2D eigenvalue weighted by Gasteiger charge is 2.24. The lowest BCUT2D eigenvalue weighted by Crippen LogP contribution is -2.35. The van der Waals surface area contributed by atoms with Gasteiger partial charge in [-0.2, -0.15) is 0 Å². The van der Waals surface area contributed by atoms with Crippen molar-refractivity contribution >= 4 is 28.0 Å². The van der Waals surface area contributed by atoms with Crippen LogP contribution in [0, 0.1) is 6.92 Å². The zero-order valence-corrected chi connectivity index (χ0v) is 15.3. The Labute approximate surface area is 150 Å². The second-order valence-electron chi connectivity index (χ2n) is 5.21. The predicted octanol–water partition coefficient (Wildman–Crippen LogP) is 1.64. The summed E-state index contributed by atoms with van der Waals surface area (Å²) in [6, 6.07) is 4.34. The quantitative estimate of drug-likeness (QED) is 0.757. The summed E-state index contributed by atoms with van der Waals surface area (Å²) in [4.78, 5) is 31.4. The third-order valence-corrected chi connectivity index (χ3v) is 4.89. The van der Waals surface area contributed by atoms with E-state index >= 15 is 0 Å². The molecule has 1 aromatic carbocycles. The third-order valence-electron chi connectivity index (χ3n) is 3.50. The zero-order valence-electron chi connectivity index (χ0n) is 14.4. The fraction of sp³-hybridized carbons (Fsp3) is 0.250. The maximum absolute atomic E-state index is 12.4. The van der Waals surface area contributed by atoms with Crippen molar-refractivity contribution in [3.8, 4) is 0 Å². The summed E-state index contributed by atoms with van der Waals surface area (Å²) >= 11 is 0. The van der Waals surface area contributed by atoms with Gasteiger partial charge < -0.3 is 4.74 Å². The van der Waals surface area contributed by atoms with Crippen LogP contribution in [0.3, 0.4) is 0 Å². The number of esters is 1. The number of aryl methyl sites for hydroxylation is 2. The van der Waals surface area contributed by atoms with Gasteiger partial charge in [-0.25, -0.2) is 32.7 Å². The van der Waals surface area contributed by atoms with Gasteiger partial charge in [-0.05, 0) is 31.0 Å². The molecule has 1 heterocycles. The largest absolute Gasteiger partial charge is 0.465 e. The first-order chi connectivity index (χ1) is 12.3. The summed E-state index contributed by atoms with van der Waals surface area (Å²) in [5, 5.41) is 2.25. The number of rotatable bonds is 5. The molecular formula is C16H18N4O5S. The molecule has 1 aromatic heterocycles. The lowest BCUT2D eigenvalue weighted by Gasteiger charge is -2.11. The molecule has 9 nitrogen and oxygen atoms in total. The Bertz CT molecular complexity index is 943. The molecule has 0 saturated carbocycles. The van der Waals surface area contributed by atoms with E-state index in [2.05, 4.69) is 20.0 Å². The molecule has 0 aliphatic heterocycles. The lowest BCUT2D eigenvalue weighted by atomic mass is 10.2. The second kappa shape index (κ2) is 7.91. The van der Waals surface area contributed by atoms with Gasteiger partial charge in [0.1, 0.15) is 4.90 Å². The van der Waals surface area contributed by atoms with Gasteiger partial charge in [0.05, 0.1) is 12.7 Å². The van der Waals surface area contributed by atoms with E-state index in [1.807, 2.05) is 11.6 Å². The summed E-state index contributed by atoms with van der Waals surface area (Å²) in [5.41, 5.74) is 1.40. The molecule has 0 unspecified atom stereocenters. The number of aromatic nitrogens is 2. The summed E-state index contributed by atoms with van der Waals surface area (Å²) in [6.45, 7) is 3.70. The molecule has 2 amide bonds. The average Bonchev–Trinajstić information content (AvgIpc) is 2.60. The summed E-state index contributed by atoms with van der Waals surface area (Å²) in [6.07, 6.45) is 2.29. The van der Waals surface area contributed by atoms with Gasteiger partial charge in [0.2, 0.25) is 5.95 Å². The molecule has 2 aromatic rings. The van der Waals surface area contributed by atoms with Gasteiger partial charge in [-0.15, -0.1) is 0 Å². The molecule has 0 bridgehead atoms. The highest BCUT2D eigenvalue weighted by Crippen LogP contribution is 2.16. The highest BCUT2D eigenvalue weighted by molar-refractivity contribution is 7.90. The van der Waals surface area contributed by atoms with Crippen LogP contribution in [0.1, 0.15) is 28.5 Å². The van der Waals surface area contributed by atoms with Crippen LogP contribution in [0.2, 0.25) is 0 Å². The van der Waals surface area contributed by atoms with E-state index in [4.69, 9.17) is 0 Å². The van der Waals surface area contributed by atoms with Gasteiger partial charge in [-0.1, -0.05) is 19.1 Å². The summed E-state index contributed by atoms with van der Waals surface area (Å²) in [5.74, 6) is -0.867. The Morgan fingerprint density at radius 3 is 2.54 bits per heavy atom. The first kappa shape index (κ1) is 19.3. The molecule has 2 rings (SSSR count).